The largest absolute Gasteiger partial charge is 0.472 e. The van der Waals surface area contributed by atoms with Gasteiger partial charge in [0, 0.05) is 11.9 Å². The number of anilines is 2. The average molecular weight is 373 g/mol. The highest BCUT2D eigenvalue weighted by Crippen LogP contribution is 2.35. The lowest BCUT2D eigenvalue weighted by atomic mass is 10.1. The van der Waals surface area contributed by atoms with Crippen LogP contribution in [-0.2, 0) is 19.2 Å². The summed E-state index contributed by atoms with van der Waals surface area (Å²) in [6, 6.07) is 16.4. The molecule has 0 aliphatic rings. The van der Waals surface area contributed by atoms with E-state index in [4.69, 9.17) is 4.74 Å². The maximum absolute atomic E-state index is 13.2. The molecule has 0 aliphatic heterocycles. The molecule has 27 heavy (non-hydrogen) atoms. The summed E-state index contributed by atoms with van der Waals surface area (Å²) in [4.78, 5) is 7.70. The monoisotopic (exact) mass is 373 g/mol. The van der Waals surface area contributed by atoms with Gasteiger partial charge < -0.3 is 10.1 Å². The van der Waals surface area contributed by atoms with E-state index in [0.29, 0.717) is 5.69 Å². The number of alkyl halides is 3. The Kier molecular flexibility index (Phi) is 5.59. The topological polar surface area (TPSA) is 47.0 Å². The summed E-state index contributed by atoms with van der Waals surface area (Å²) >= 11 is 0. The van der Waals surface area contributed by atoms with Gasteiger partial charge in [-0.3, -0.25) is 0 Å². The van der Waals surface area contributed by atoms with Crippen molar-refractivity contribution in [3.8, 4) is 5.88 Å². The molecule has 0 unspecified atom stereocenters. The van der Waals surface area contributed by atoms with E-state index >= 15 is 0 Å². The molecule has 7 heteroatoms. The van der Waals surface area contributed by atoms with E-state index in [-0.39, 0.29) is 12.6 Å². The molecule has 0 saturated carbocycles. The van der Waals surface area contributed by atoms with Gasteiger partial charge >= 0.3 is 6.18 Å². The fourth-order valence-electron chi connectivity index (χ4n) is 2.41. The van der Waals surface area contributed by atoms with Gasteiger partial charge in [0.2, 0.25) is 11.8 Å². The summed E-state index contributed by atoms with van der Waals surface area (Å²) in [5, 5.41) is 2.90. The Bertz CT molecular complexity index is 881. The number of benzene rings is 2. The first kappa shape index (κ1) is 18.7. The van der Waals surface area contributed by atoms with Crippen LogP contribution in [0.15, 0.2) is 60.8 Å². The molecule has 140 valence electrons. The minimum Gasteiger partial charge on any atom is -0.472 e. The van der Waals surface area contributed by atoms with E-state index in [1.54, 1.807) is 24.3 Å². The molecule has 3 rings (SSSR count). The van der Waals surface area contributed by atoms with Gasteiger partial charge in [-0.25, -0.2) is 4.98 Å². The van der Waals surface area contributed by atoms with Crippen molar-refractivity contribution >= 4 is 11.6 Å². The van der Waals surface area contributed by atoms with Crippen LogP contribution in [0.2, 0.25) is 0 Å². The number of rotatable bonds is 6. The molecule has 1 N–H and O–H groups in total. The predicted octanol–water partition coefficient (Wildman–Crippen LogP) is 5.38. The lowest BCUT2D eigenvalue weighted by Crippen LogP contribution is -2.12. The van der Waals surface area contributed by atoms with E-state index in [1.807, 2.05) is 37.3 Å². The standard InChI is InChI=1S/C20H18F3N3O/c1-2-14-8-10-16(11-9-14)25-19-24-12-17(20(21,22)23)18(26-19)27-13-15-6-4-3-5-7-15/h3-12H,2,13H2,1H3,(H,24,25,26). The Morgan fingerprint density at radius 1 is 0.963 bits per heavy atom. The van der Waals surface area contributed by atoms with Crippen molar-refractivity contribution in [3.05, 3.63) is 77.5 Å². The third-order valence-electron chi connectivity index (χ3n) is 3.90. The molecule has 3 aromatic rings. The summed E-state index contributed by atoms with van der Waals surface area (Å²) in [7, 11) is 0. The number of nitrogens with zero attached hydrogens (tertiary/aromatic N) is 2. The highest BCUT2D eigenvalue weighted by atomic mass is 19.4. The van der Waals surface area contributed by atoms with Crippen LogP contribution in [0.5, 0.6) is 5.88 Å². The van der Waals surface area contributed by atoms with Crippen molar-refractivity contribution in [2.45, 2.75) is 26.1 Å². The smallest absolute Gasteiger partial charge is 0.423 e. The van der Waals surface area contributed by atoms with Crippen molar-refractivity contribution in [1.82, 2.24) is 9.97 Å². The number of halogens is 3. The van der Waals surface area contributed by atoms with Crippen molar-refractivity contribution in [3.63, 3.8) is 0 Å². The number of nitrogens with one attached hydrogen (secondary N) is 1. The Morgan fingerprint density at radius 2 is 1.67 bits per heavy atom. The molecule has 0 bridgehead atoms. The minimum atomic E-state index is -4.60. The van der Waals surface area contributed by atoms with E-state index in [0.717, 1.165) is 23.7 Å². The molecule has 0 amide bonds. The molecule has 0 saturated heterocycles. The van der Waals surface area contributed by atoms with Gasteiger partial charge in [0.05, 0.1) is 0 Å². The highest BCUT2D eigenvalue weighted by Gasteiger charge is 2.36. The molecular weight excluding hydrogens is 355 g/mol. The second kappa shape index (κ2) is 8.07. The van der Waals surface area contributed by atoms with Crippen LogP contribution >= 0.6 is 0 Å². The molecule has 4 nitrogen and oxygen atoms in total. The molecule has 0 radical (unpaired) electrons. The van der Waals surface area contributed by atoms with Crippen LogP contribution in [0.3, 0.4) is 0 Å². The molecule has 0 aliphatic carbocycles. The van der Waals surface area contributed by atoms with Crippen molar-refractivity contribution < 1.29 is 17.9 Å². The fraction of sp³-hybridized carbons (Fsp3) is 0.200. The van der Waals surface area contributed by atoms with E-state index in [1.165, 1.54) is 0 Å². The maximum atomic E-state index is 13.2. The number of hydrogen-bond acceptors (Lipinski definition) is 4. The van der Waals surface area contributed by atoms with Crippen molar-refractivity contribution in [1.29, 1.82) is 0 Å². The first-order valence-corrected chi connectivity index (χ1v) is 8.42. The van der Waals surface area contributed by atoms with Gasteiger partial charge in [-0.1, -0.05) is 49.4 Å². The van der Waals surface area contributed by atoms with Gasteiger partial charge in [-0.05, 0) is 29.7 Å². The van der Waals surface area contributed by atoms with Gasteiger partial charge in [0.1, 0.15) is 12.2 Å². The third-order valence-corrected chi connectivity index (χ3v) is 3.90. The van der Waals surface area contributed by atoms with Gasteiger partial charge in [0.25, 0.3) is 0 Å². The predicted molar refractivity (Wildman–Crippen MR) is 96.9 cm³/mol. The number of aryl methyl sites for hydroxylation is 1. The SMILES string of the molecule is CCc1ccc(Nc2ncc(C(F)(F)F)c(OCc3ccccc3)n2)cc1. The lowest BCUT2D eigenvalue weighted by molar-refractivity contribution is -0.139. The minimum absolute atomic E-state index is 0.0223. The Morgan fingerprint density at radius 3 is 2.30 bits per heavy atom. The summed E-state index contributed by atoms with van der Waals surface area (Å²) in [5.41, 5.74) is 1.57. The zero-order chi connectivity index (χ0) is 19.3. The maximum Gasteiger partial charge on any atom is 0.423 e. The van der Waals surface area contributed by atoms with Gasteiger partial charge in [-0.2, -0.15) is 18.2 Å². The third kappa shape index (κ3) is 4.97. The second-order valence-corrected chi connectivity index (χ2v) is 5.86. The van der Waals surface area contributed by atoms with E-state index < -0.39 is 17.6 Å². The zero-order valence-corrected chi connectivity index (χ0v) is 14.6. The normalized spacial score (nSPS) is 11.3. The van der Waals surface area contributed by atoms with E-state index in [2.05, 4.69) is 15.3 Å². The van der Waals surface area contributed by atoms with Gasteiger partial charge in [-0.15, -0.1) is 0 Å². The summed E-state index contributed by atoms with van der Waals surface area (Å²) < 4.78 is 45.1. The molecular formula is C20H18F3N3O. The Balaban J connectivity index is 1.83. The quantitative estimate of drug-likeness (QED) is 0.630. The number of hydrogen-bond donors (Lipinski definition) is 1. The number of ether oxygens (including phenoxy) is 1. The average Bonchev–Trinajstić information content (AvgIpc) is 2.67. The van der Waals surface area contributed by atoms with Crippen LogP contribution in [0.25, 0.3) is 0 Å². The van der Waals surface area contributed by atoms with Crippen LogP contribution < -0.4 is 10.1 Å². The molecule has 0 fully saturated rings. The number of aromatic nitrogens is 2. The lowest BCUT2D eigenvalue weighted by Gasteiger charge is -2.14. The van der Waals surface area contributed by atoms with Crippen molar-refractivity contribution in [2.24, 2.45) is 0 Å². The van der Waals surface area contributed by atoms with Gasteiger partial charge in [0.15, 0.2) is 0 Å². The zero-order valence-electron chi connectivity index (χ0n) is 14.6. The first-order chi connectivity index (χ1) is 13.0. The van der Waals surface area contributed by atoms with Crippen LogP contribution in [0.4, 0.5) is 24.8 Å². The van der Waals surface area contributed by atoms with Crippen molar-refractivity contribution in [2.75, 3.05) is 5.32 Å². The molecule has 0 spiro atoms. The fourth-order valence-corrected chi connectivity index (χ4v) is 2.41. The second-order valence-electron chi connectivity index (χ2n) is 5.86. The van der Waals surface area contributed by atoms with Crippen LogP contribution in [0.1, 0.15) is 23.6 Å². The first-order valence-electron chi connectivity index (χ1n) is 8.42. The Hall–Kier alpha value is -3.09. The molecule has 1 aromatic heterocycles. The molecule has 0 atom stereocenters. The summed E-state index contributed by atoms with van der Waals surface area (Å²) in [6.07, 6.45) is -2.97. The summed E-state index contributed by atoms with van der Waals surface area (Å²) in [6.45, 7) is 2.02. The molecule has 1 heterocycles. The van der Waals surface area contributed by atoms with Crippen LogP contribution in [0, 0.1) is 0 Å². The summed E-state index contributed by atoms with van der Waals surface area (Å²) in [5.74, 6) is -0.468. The highest BCUT2D eigenvalue weighted by molar-refractivity contribution is 5.54. The van der Waals surface area contributed by atoms with E-state index in [9.17, 15) is 13.2 Å². The molecule has 2 aromatic carbocycles. The van der Waals surface area contributed by atoms with Crippen LogP contribution in [-0.4, -0.2) is 9.97 Å². The Labute approximate surface area is 155 Å².